The lowest BCUT2D eigenvalue weighted by Gasteiger charge is -2.47. The molecule has 1 aromatic heterocycles. The number of amides is 4. The van der Waals surface area contributed by atoms with Gasteiger partial charge in [-0.2, -0.15) is 35.1 Å². The third-order valence-electron chi connectivity index (χ3n) is 14.6. The number of nitrogens with one attached hydrogen (secondary N) is 6. The van der Waals surface area contributed by atoms with E-state index >= 15 is 8.78 Å². The highest BCUT2D eigenvalue weighted by molar-refractivity contribution is 7.32. The predicted molar refractivity (Wildman–Crippen MR) is 280 cm³/mol. The number of halogens is 10. The van der Waals surface area contributed by atoms with Crippen LogP contribution in [0.5, 0.6) is 0 Å². The van der Waals surface area contributed by atoms with Gasteiger partial charge in [0.15, 0.2) is 0 Å². The standard InChI is InChI=1S/C52H62F10N11O10P/c1-49(2,51(57,58)59)41(68-47(76)80-5)43(74)67-39(17-29-10-7-28(8-11-29)9-12-30-20-65-46(66-21-30)71-22-32-13-14-33(23-71)73(32)34-26-82-27-34)40(83-84(78)79)25-72(70-44(75)42(69-48(77)81-6)50(3,4)52(60,61)62)24-35-36(53)18-31(19-37(35)54)38(63)15-16-64-45(55)56/h7-8,10-11,15-16,18-21,32-34,39-42,45,63-64,84H,13-14,17,22-27H2,1-6H3,(H,67,74)(H,68,76)(H,69,77)(H,70,75)(H,78,79)/b16-15-,63-38?/t32?,33?,39-,40-,41+,42+/m0/s1. The van der Waals surface area contributed by atoms with E-state index in [1.807, 2.05) is 10.7 Å². The number of benzene rings is 2. The number of alkyl halides is 8. The van der Waals surface area contributed by atoms with Crippen LogP contribution >= 0.6 is 8.25 Å². The van der Waals surface area contributed by atoms with Gasteiger partial charge < -0.3 is 55.2 Å². The number of alkyl carbamates (subject to hydrolysis) is 2. The summed E-state index contributed by atoms with van der Waals surface area (Å²) in [6, 6.07) is 0.866. The maximum Gasteiger partial charge on any atom is 0.407 e. The third-order valence-corrected chi connectivity index (χ3v) is 15.1. The van der Waals surface area contributed by atoms with Crippen LogP contribution < -0.4 is 31.6 Å². The monoisotopic (exact) mass is 1220 g/mol. The Morgan fingerprint density at radius 3 is 1.83 bits per heavy atom. The Morgan fingerprint density at radius 1 is 0.833 bits per heavy atom. The largest absolute Gasteiger partial charge is 0.453 e. The summed E-state index contributed by atoms with van der Waals surface area (Å²) in [5.74, 6) is -0.0317. The summed E-state index contributed by atoms with van der Waals surface area (Å²) in [5.41, 5.74) is -5.64. The first-order valence-electron chi connectivity index (χ1n) is 25.7. The summed E-state index contributed by atoms with van der Waals surface area (Å²) in [6.07, 6.45) is -9.83. The molecule has 7 atom stereocenters. The zero-order valence-electron chi connectivity index (χ0n) is 45.9. The molecule has 3 unspecified atom stereocenters. The van der Waals surface area contributed by atoms with Gasteiger partial charge in [0.25, 0.3) is 5.91 Å². The topological polar surface area (TPSA) is 262 Å². The number of hydrazine groups is 1. The molecule has 2 aromatic carbocycles. The van der Waals surface area contributed by atoms with Crippen LogP contribution in [0.2, 0.25) is 0 Å². The minimum atomic E-state index is -5.29. The molecule has 21 nitrogen and oxygen atoms in total. The van der Waals surface area contributed by atoms with Gasteiger partial charge >= 0.3 is 39.3 Å². The van der Waals surface area contributed by atoms with E-state index in [1.54, 1.807) is 23.0 Å². The number of carbonyl (C=O) groups is 4. The normalized spacial score (nSPS) is 18.6. The van der Waals surface area contributed by atoms with Crippen molar-refractivity contribution in [2.75, 3.05) is 52.0 Å². The van der Waals surface area contributed by atoms with Crippen molar-refractivity contribution in [1.82, 2.24) is 46.6 Å². The number of fused-ring (bicyclic) bond motifs is 2. The van der Waals surface area contributed by atoms with Crippen molar-refractivity contribution in [3.05, 3.63) is 101 Å². The lowest BCUT2D eigenvalue weighted by atomic mass is 9.82. The van der Waals surface area contributed by atoms with Gasteiger partial charge in [0, 0.05) is 73.5 Å². The van der Waals surface area contributed by atoms with Crippen molar-refractivity contribution >= 4 is 43.9 Å². The molecule has 32 heteroatoms. The fourth-order valence-corrected chi connectivity index (χ4v) is 9.99. The van der Waals surface area contributed by atoms with E-state index < -0.39 is 134 Å². The maximum atomic E-state index is 16.1. The summed E-state index contributed by atoms with van der Waals surface area (Å²) >= 11 is 0. The number of hydrogen-bond donors (Lipinski definition) is 7. The van der Waals surface area contributed by atoms with Gasteiger partial charge in [0.1, 0.15) is 29.8 Å². The van der Waals surface area contributed by atoms with Gasteiger partial charge in [-0.1, -0.05) is 24.0 Å². The van der Waals surface area contributed by atoms with Crippen molar-refractivity contribution < 1.29 is 91.3 Å². The number of anilines is 1. The Labute approximate surface area is 476 Å². The Morgan fingerprint density at radius 2 is 1.36 bits per heavy atom. The number of methoxy groups -OCH3 is 2. The first-order valence-corrected chi connectivity index (χ1v) is 27.0. The molecule has 3 aliphatic heterocycles. The van der Waals surface area contributed by atoms with Crippen LogP contribution in [-0.4, -0.2) is 163 Å². The van der Waals surface area contributed by atoms with Crippen LogP contribution in [0.1, 0.15) is 68.4 Å². The van der Waals surface area contributed by atoms with Gasteiger partial charge in [-0.15, -0.1) is 0 Å². The zero-order chi connectivity index (χ0) is 62.1. The lowest BCUT2D eigenvalue weighted by Crippen LogP contribution is -2.63. The smallest absolute Gasteiger partial charge is 0.407 e. The average molecular weight is 1220 g/mol. The fraction of sp³-hybridized carbons (Fsp3) is 0.519. The van der Waals surface area contributed by atoms with Gasteiger partial charge in [0.05, 0.1) is 61.6 Å². The van der Waals surface area contributed by atoms with E-state index in [1.165, 1.54) is 24.3 Å². The van der Waals surface area contributed by atoms with Crippen molar-refractivity contribution in [2.45, 2.75) is 115 Å². The van der Waals surface area contributed by atoms with Crippen LogP contribution in [0.15, 0.2) is 61.1 Å². The summed E-state index contributed by atoms with van der Waals surface area (Å²) in [7, 11) is -2.79. The van der Waals surface area contributed by atoms with Gasteiger partial charge in [0.2, 0.25) is 11.9 Å². The minimum Gasteiger partial charge on any atom is -0.453 e. The molecule has 0 saturated carbocycles. The molecule has 4 heterocycles. The highest BCUT2D eigenvalue weighted by Gasteiger charge is 2.57. The molecular formula is C52H62F10N11O10P. The number of piperazine rings is 1. The molecule has 0 spiro atoms. The molecule has 2 bridgehead atoms. The van der Waals surface area contributed by atoms with Crippen molar-refractivity contribution in [3.63, 3.8) is 0 Å². The third kappa shape index (κ3) is 16.6. The maximum absolute atomic E-state index is 16.1. The zero-order valence-corrected chi connectivity index (χ0v) is 46.9. The second kappa shape index (κ2) is 27.7. The lowest BCUT2D eigenvalue weighted by molar-refractivity contribution is -0.221. The second-order valence-corrected chi connectivity index (χ2v) is 21.7. The van der Waals surface area contributed by atoms with Crippen molar-refractivity contribution in [3.8, 4) is 11.8 Å². The fourth-order valence-electron chi connectivity index (χ4n) is 9.50. The number of nitrogens with zero attached hydrogens (tertiary/aromatic N) is 5. The summed E-state index contributed by atoms with van der Waals surface area (Å²) < 4.78 is 178. The molecule has 3 aromatic rings. The van der Waals surface area contributed by atoms with Gasteiger partial charge in [-0.05, 0) is 82.9 Å². The molecule has 0 aliphatic carbocycles. The predicted octanol–water partition coefficient (Wildman–Crippen LogP) is 5.85. The number of ether oxygens (including phenoxy) is 3. The first-order chi connectivity index (χ1) is 39.3. The molecule has 6 rings (SSSR count). The minimum absolute atomic E-state index is 0.175. The van der Waals surface area contributed by atoms with Gasteiger partial charge in [-0.3, -0.25) is 24.5 Å². The van der Waals surface area contributed by atoms with E-state index in [4.69, 9.17) is 14.7 Å². The number of hydrogen-bond acceptors (Lipinski definition) is 16. The van der Waals surface area contributed by atoms with E-state index in [0.717, 1.165) is 40.2 Å². The van der Waals surface area contributed by atoms with Crippen LogP contribution in [0.3, 0.4) is 0 Å². The Hall–Kier alpha value is -7.10. The molecule has 7 N–H and O–H groups in total. The first kappa shape index (κ1) is 66.0. The number of rotatable bonds is 23. The Kier molecular flexibility index (Phi) is 21.8. The van der Waals surface area contributed by atoms with Crippen molar-refractivity contribution in [1.29, 1.82) is 5.41 Å². The molecular weight excluding hydrogens is 1160 g/mol. The summed E-state index contributed by atoms with van der Waals surface area (Å²) in [5, 5.41) is 15.9. The van der Waals surface area contributed by atoms with Crippen LogP contribution in [-0.2, 0) is 45.9 Å². The van der Waals surface area contributed by atoms with Crippen LogP contribution in [0.25, 0.3) is 0 Å². The Bertz CT molecular complexity index is 2930. The molecule has 3 aliphatic rings. The molecule has 84 heavy (non-hydrogen) atoms. The molecule has 3 fully saturated rings. The Balaban J connectivity index is 1.37. The molecule has 4 amide bonds. The van der Waals surface area contributed by atoms with Crippen molar-refractivity contribution in [2.24, 2.45) is 10.8 Å². The van der Waals surface area contributed by atoms with E-state index in [-0.39, 0.29) is 5.56 Å². The van der Waals surface area contributed by atoms with Crippen LogP contribution in [0.4, 0.5) is 59.4 Å². The highest BCUT2D eigenvalue weighted by atomic mass is 31.1. The average Bonchev–Trinajstić information content (AvgIpc) is 2.47. The number of aromatic nitrogens is 2. The highest BCUT2D eigenvalue weighted by Crippen LogP contribution is 2.42. The molecule has 0 radical (unpaired) electrons. The van der Waals surface area contributed by atoms with E-state index in [9.17, 15) is 63.8 Å². The quantitative estimate of drug-likeness (QED) is 0.0147. The molecule has 3 saturated heterocycles. The SMILES string of the molecule is COC(=O)N[C@H](C(=O)N[C@@H](Cc1ccc(C#Cc2cnc(N3CC4CCC(C3)N4C3COC3)nc2)cc1)[C@H](CN(Cc1c(F)cc(C(=N)/C=C\NC(F)F)cc1F)NC(=O)[C@@H](NC(=O)OC)C(C)(C)C(F)(F)F)O[PH](=O)O)C(C)(C)C(F)(F)F. The second-order valence-electron chi connectivity index (χ2n) is 21.0. The van der Waals surface area contributed by atoms with E-state index in [2.05, 4.69) is 46.4 Å². The molecule has 460 valence electrons. The number of carbonyl (C=O) groups excluding carboxylic acids is 4. The van der Waals surface area contributed by atoms with Crippen LogP contribution in [0, 0.1) is 39.7 Å². The summed E-state index contributed by atoms with van der Waals surface area (Å²) in [4.78, 5) is 77.4. The number of allylic oxidation sites excluding steroid dienone is 1. The van der Waals surface area contributed by atoms with Gasteiger partial charge in [-0.25, -0.2) is 33.3 Å². The summed E-state index contributed by atoms with van der Waals surface area (Å²) in [6.45, 7) is -0.557. The van der Waals surface area contributed by atoms with E-state index in [0.29, 0.717) is 106 Å².